The molecule has 0 atom stereocenters. The highest BCUT2D eigenvalue weighted by molar-refractivity contribution is 7.09. The zero-order valence-corrected chi connectivity index (χ0v) is 23.5. The molecular weight excluding hydrogens is 535 g/mol. The third kappa shape index (κ3) is 8.93. The van der Waals surface area contributed by atoms with E-state index in [9.17, 15) is 18.0 Å². The molecule has 9 heteroatoms. The molecule has 40 heavy (non-hydrogen) atoms. The molecule has 1 N–H and O–H groups in total. The van der Waals surface area contributed by atoms with Crippen LogP contribution in [0.2, 0.25) is 0 Å². The van der Waals surface area contributed by atoms with Crippen molar-refractivity contribution in [2.75, 3.05) is 0 Å². The van der Waals surface area contributed by atoms with E-state index in [2.05, 4.69) is 10.3 Å². The van der Waals surface area contributed by atoms with Gasteiger partial charge in [-0.05, 0) is 55.7 Å². The van der Waals surface area contributed by atoms with E-state index in [1.54, 1.807) is 11.4 Å². The number of amides is 1. The van der Waals surface area contributed by atoms with Gasteiger partial charge in [-0.25, -0.2) is 4.98 Å². The standard InChI is InChI=1S/C31H32F3N3O2S/c1-30(2,3)36-29(38)27-21-40-28(35-27)19-37(18-24-10-7-11-25(16-24)31(32,33)34)17-22-12-14-26(15-13-22)39-20-23-8-5-4-6-9-23/h4-16,21H,17-20H2,1-3H3,(H,36,38). The maximum Gasteiger partial charge on any atom is 0.416 e. The van der Waals surface area contributed by atoms with Crippen LogP contribution in [-0.2, 0) is 32.4 Å². The molecule has 0 fully saturated rings. The number of aromatic nitrogens is 1. The van der Waals surface area contributed by atoms with Crippen molar-refractivity contribution in [2.45, 2.75) is 58.7 Å². The Morgan fingerprint density at radius 2 is 1.55 bits per heavy atom. The lowest BCUT2D eigenvalue weighted by molar-refractivity contribution is -0.137. The Balaban J connectivity index is 1.49. The van der Waals surface area contributed by atoms with Gasteiger partial charge >= 0.3 is 6.18 Å². The van der Waals surface area contributed by atoms with E-state index in [1.165, 1.54) is 23.5 Å². The van der Waals surface area contributed by atoms with Gasteiger partial charge in [-0.15, -0.1) is 11.3 Å². The topological polar surface area (TPSA) is 54.5 Å². The number of halogens is 3. The third-order valence-electron chi connectivity index (χ3n) is 5.87. The summed E-state index contributed by atoms with van der Waals surface area (Å²) in [7, 11) is 0. The molecule has 3 aromatic carbocycles. The molecule has 4 aromatic rings. The van der Waals surface area contributed by atoms with Crippen LogP contribution in [0.1, 0.15) is 58.5 Å². The Bertz CT molecular complexity index is 1400. The van der Waals surface area contributed by atoms with Crippen LogP contribution in [0, 0.1) is 0 Å². The average Bonchev–Trinajstić information content (AvgIpc) is 3.36. The molecule has 0 unspecified atom stereocenters. The number of benzene rings is 3. The molecule has 4 rings (SSSR count). The summed E-state index contributed by atoms with van der Waals surface area (Å²) < 4.78 is 45.9. The molecular formula is C31H32F3N3O2S. The van der Waals surface area contributed by atoms with Crippen molar-refractivity contribution in [2.24, 2.45) is 0 Å². The van der Waals surface area contributed by atoms with Crippen molar-refractivity contribution < 1.29 is 22.7 Å². The van der Waals surface area contributed by atoms with Gasteiger partial charge < -0.3 is 10.1 Å². The molecule has 1 aromatic heterocycles. The van der Waals surface area contributed by atoms with Gasteiger partial charge in [0.15, 0.2) is 0 Å². The monoisotopic (exact) mass is 567 g/mol. The molecule has 0 aliphatic heterocycles. The second-order valence-corrected chi connectivity index (χ2v) is 11.5. The molecule has 0 radical (unpaired) electrons. The van der Waals surface area contributed by atoms with Crippen molar-refractivity contribution in [3.8, 4) is 5.75 Å². The number of carbonyl (C=O) groups excluding carboxylic acids is 1. The van der Waals surface area contributed by atoms with E-state index in [0.29, 0.717) is 36.0 Å². The Morgan fingerprint density at radius 3 is 2.23 bits per heavy atom. The van der Waals surface area contributed by atoms with Gasteiger partial charge in [0.25, 0.3) is 5.91 Å². The highest BCUT2D eigenvalue weighted by Gasteiger charge is 2.30. The molecule has 0 aliphatic carbocycles. The molecule has 0 saturated heterocycles. The van der Waals surface area contributed by atoms with Crippen molar-refractivity contribution in [1.29, 1.82) is 0 Å². The van der Waals surface area contributed by atoms with E-state index >= 15 is 0 Å². The fourth-order valence-corrected chi connectivity index (χ4v) is 4.86. The lowest BCUT2D eigenvalue weighted by atomic mass is 10.1. The Kier molecular flexibility index (Phi) is 9.27. The summed E-state index contributed by atoms with van der Waals surface area (Å²) in [6, 6.07) is 22.9. The number of hydrogen-bond acceptors (Lipinski definition) is 5. The minimum Gasteiger partial charge on any atom is -0.489 e. The molecule has 0 saturated carbocycles. The van der Waals surface area contributed by atoms with Crippen LogP contribution in [0.5, 0.6) is 5.75 Å². The average molecular weight is 568 g/mol. The number of ether oxygens (including phenoxy) is 1. The Labute approximate surface area is 236 Å². The maximum absolute atomic E-state index is 13.3. The third-order valence-corrected chi connectivity index (χ3v) is 6.70. The largest absolute Gasteiger partial charge is 0.489 e. The number of hydrogen-bond donors (Lipinski definition) is 1. The number of thiazole rings is 1. The maximum atomic E-state index is 13.3. The second kappa shape index (κ2) is 12.7. The van der Waals surface area contributed by atoms with Crippen LogP contribution in [-0.4, -0.2) is 21.3 Å². The normalized spacial score (nSPS) is 12.0. The number of nitrogens with zero attached hydrogens (tertiary/aromatic N) is 2. The molecule has 0 aliphatic rings. The molecule has 1 amide bonds. The van der Waals surface area contributed by atoms with Crippen LogP contribution >= 0.6 is 11.3 Å². The first-order valence-corrected chi connectivity index (χ1v) is 13.7. The highest BCUT2D eigenvalue weighted by atomic mass is 32.1. The van der Waals surface area contributed by atoms with Gasteiger partial charge in [-0.1, -0.05) is 60.7 Å². The summed E-state index contributed by atoms with van der Waals surface area (Å²) in [6.07, 6.45) is -4.42. The summed E-state index contributed by atoms with van der Waals surface area (Å²) in [5.74, 6) is 0.469. The zero-order chi connectivity index (χ0) is 28.8. The van der Waals surface area contributed by atoms with Crippen LogP contribution in [0.3, 0.4) is 0 Å². The molecule has 0 spiro atoms. The Hall–Kier alpha value is -3.69. The predicted molar refractivity (Wildman–Crippen MR) is 151 cm³/mol. The van der Waals surface area contributed by atoms with Crippen LogP contribution in [0.4, 0.5) is 13.2 Å². The van der Waals surface area contributed by atoms with Crippen LogP contribution in [0.15, 0.2) is 84.2 Å². The van der Waals surface area contributed by atoms with E-state index in [-0.39, 0.29) is 12.5 Å². The van der Waals surface area contributed by atoms with Gasteiger partial charge in [0, 0.05) is 24.0 Å². The van der Waals surface area contributed by atoms with Crippen LogP contribution < -0.4 is 10.1 Å². The lowest BCUT2D eigenvalue weighted by Crippen LogP contribution is -2.40. The summed E-state index contributed by atoms with van der Waals surface area (Å²) in [5, 5.41) is 5.31. The van der Waals surface area contributed by atoms with Crippen LogP contribution in [0.25, 0.3) is 0 Å². The van der Waals surface area contributed by atoms with Crippen molar-refractivity contribution >= 4 is 17.2 Å². The fourth-order valence-electron chi connectivity index (χ4n) is 4.05. The number of alkyl halides is 3. The second-order valence-electron chi connectivity index (χ2n) is 10.6. The minimum absolute atomic E-state index is 0.259. The summed E-state index contributed by atoms with van der Waals surface area (Å²) in [5.41, 5.74) is 1.83. The molecule has 0 bridgehead atoms. The van der Waals surface area contributed by atoms with Crippen molar-refractivity contribution in [1.82, 2.24) is 15.2 Å². The van der Waals surface area contributed by atoms with Gasteiger partial charge in [-0.3, -0.25) is 9.69 Å². The fraction of sp³-hybridized carbons (Fsp3) is 0.290. The summed E-state index contributed by atoms with van der Waals surface area (Å²) >= 11 is 1.35. The SMILES string of the molecule is CC(C)(C)NC(=O)c1csc(CN(Cc2ccc(OCc3ccccc3)cc2)Cc2cccc(C(F)(F)F)c2)n1. The van der Waals surface area contributed by atoms with Gasteiger partial charge in [0.1, 0.15) is 23.1 Å². The quantitative estimate of drug-likeness (QED) is 0.216. The zero-order valence-electron chi connectivity index (χ0n) is 22.7. The molecule has 5 nitrogen and oxygen atoms in total. The summed E-state index contributed by atoms with van der Waals surface area (Å²) in [6.45, 7) is 7.26. The molecule has 1 heterocycles. The van der Waals surface area contributed by atoms with Gasteiger partial charge in [-0.2, -0.15) is 13.2 Å². The van der Waals surface area contributed by atoms with Crippen molar-refractivity contribution in [3.63, 3.8) is 0 Å². The van der Waals surface area contributed by atoms with Gasteiger partial charge in [0.2, 0.25) is 0 Å². The van der Waals surface area contributed by atoms with E-state index in [0.717, 1.165) is 22.9 Å². The lowest BCUT2D eigenvalue weighted by Gasteiger charge is -2.22. The first kappa shape index (κ1) is 29.3. The Morgan fingerprint density at radius 1 is 0.875 bits per heavy atom. The number of nitrogens with one attached hydrogen (secondary N) is 1. The number of rotatable bonds is 10. The predicted octanol–water partition coefficient (Wildman–Crippen LogP) is 7.47. The smallest absolute Gasteiger partial charge is 0.416 e. The molecule has 210 valence electrons. The first-order chi connectivity index (χ1) is 18.9. The van der Waals surface area contributed by atoms with E-state index < -0.39 is 17.3 Å². The minimum atomic E-state index is -4.42. The van der Waals surface area contributed by atoms with Gasteiger partial charge in [0.05, 0.1) is 12.1 Å². The van der Waals surface area contributed by atoms with Crippen molar-refractivity contribution in [3.05, 3.63) is 117 Å². The number of carbonyl (C=O) groups is 1. The van der Waals surface area contributed by atoms with E-state index in [4.69, 9.17) is 4.74 Å². The van der Waals surface area contributed by atoms with E-state index in [1.807, 2.05) is 80.3 Å². The first-order valence-electron chi connectivity index (χ1n) is 12.9. The highest BCUT2D eigenvalue weighted by Crippen LogP contribution is 2.30. The summed E-state index contributed by atoms with van der Waals surface area (Å²) in [4.78, 5) is 19.1.